The number of hydrogen-bond donors (Lipinski definition) is 1. The Hall–Kier alpha value is 0.0700. The lowest BCUT2D eigenvalue weighted by atomic mass is 9.84. The molecule has 20 heavy (non-hydrogen) atoms. The molecule has 3 rings (SSSR count). The van der Waals surface area contributed by atoms with E-state index in [0.29, 0.717) is 17.2 Å². The normalized spacial score (nSPS) is 37.8. The number of nitrogens with two attached hydrogens (primary N) is 1. The standard InChI is InChI=1S/C15H26N2OS.ClH/c16-12-5-3-4-11(10-12)15(18)17-8-9-19-14-7-2-1-6-13(14)17;/h11-14H,1-10,16H2;1H. The summed E-state index contributed by atoms with van der Waals surface area (Å²) in [7, 11) is 0. The molecule has 1 saturated heterocycles. The number of carbonyl (C=O) groups excluding carboxylic acids is 1. The second kappa shape index (κ2) is 7.37. The first-order valence-corrected chi connectivity index (χ1v) is 8.98. The minimum absolute atomic E-state index is 0. The number of amides is 1. The third-order valence-corrected chi connectivity index (χ3v) is 6.48. The first kappa shape index (κ1) is 16.4. The van der Waals surface area contributed by atoms with E-state index in [1.807, 2.05) is 0 Å². The first-order chi connectivity index (χ1) is 9.25. The van der Waals surface area contributed by atoms with E-state index in [-0.39, 0.29) is 24.4 Å². The van der Waals surface area contributed by atoms with Gasteiger partial charge in [0.15, 0.2) is 0 Å². The maximum atomic E-state index is 12.8. The Morgan fingerprint density at radius 3 is 2.70 bits per heavy atom. The van der Waals surface area contributed by atoms with Gasteiger partial charge in [-0.1, -0.05) is 19.3 Å². The molecule has 3 fully saturated rings. The lowest BCUT2D eigenvalue weighted by molar-refractivity contribution is -0.139. The molecule has 1 amide bonds. The van der Waals surface area contributed by atoms with Gasteiger partial charge in [0, 0.05) is 35.5 Å². The third-order valence-electron chi connectivity index (χ3n) is 5.08. The average molecular weight is 319 g/mol. The van der Waals surface area contributed by atoms with Gasteiger partial charge in [-0.15, -0.1) is 12.4 Å². The zero-order valence-corrected chi connectivity index (χ0v) is 13.8. The average Bonchev–Trinajstić information content (AvgIpc) is 2.46. The number of rotatable bonds is 1. The molecule has 4 unspecified atom stereocenters. The van der Waals surface area contributed by atoms with Gasteiger partial charge in [-0.3, -0.25) is 4.79 Å². The quantitative estimate of drug-likeness (QED) is 0.808. The Morgan fingerprint density at radius 1 is 1.10 bits per heavy atom. The lowest BCUT2D eigenvalue weighted by Crippen LogP contribution is -2.54. The number of hydrogen-bond acceptors (Lipinski definition) is 3. The van der Waals surface area contributed by atoms with E-state index in [4.69, 9.17) is 5.73 Å². The molecule has 0 spiro atoms. The van der Waals surface area contributed by atoms with E-state index < -0.39 is 0 Å². The van der Waals surface area contributed by atoms with Crippen molar-refractivity contribution in [1.82, 2.24) is 4.90 Å². The van der Waals surface area contributed by atoms with E-state index in [9.17, 15) is 4.79 Å². The largest absolute Gasteiger partial charge is 0.338 e. The van der Waals surface area contributed by atoms with Crippen molar-refractivity contribution in [2.45, 2.75) is 68.7 Å². The number of halogens is 1. The molecule has 0 aromatic heterocycles. The van der Waals surface area contributed by atoms with E-state index in [1.165, 1.54) is 25.7 Å². The minimum atomic E-state index is 0. The summed E-state index contributed by atoms with van der Waals surface area (Å²) in [5.74, 6) is 1.77. The number of thioether (sulfide) groups is 1. The van der Waals surface area contributed by atoms with Crippen LogP contribution in [-0.4, -0.2) is 40.4 Å². The molecule has 1 aliphatic heterocycles. The summed E-state index contributed by atoms with van der Waals surface area (Å²) in [5, 5.41) is 0.712. The highest BCUT2D eigenvalue weighted by Gasteiger charge is 2.39. The molecule has 0 radical (unpaired) electrons. The highest BCUT2D eigenvalue weighted by atomic mass is 35.5. The van der Waals surface area contributed by atoms with Crippen molar-refractivity contribution in [1.29, 1.82) is 0 Å². The number of fused-ring (bicyclic) bond motifs is 1. The highest BCUT2D eigenvalue weighted by molar-refractivity contribution is 8.00. The van der Waals surface area contributed by atoms with Gasteiger partial charge in [0.2, 0.25) is 5.91 Å². The van der Waals surface area contributed by atoms with Crippen molar-refractivity contribution in [2.75, 3.05) is 12.3 Å². The number of carbonyl (C=O) groups is 1. The monoisotopic (exact) mass is 318 g/mol. The first-order valence-electron chi connectivity index (χ1n) is 7.93. The topological polar surface area (TPSA) is 46.3 Å². The molecule has 5 heteroatoms. The second-order valence-electron chi connectivity index (χ2n) is 6.42. The summed E-state index contributed by atoms with van der Waals surface area (Å²) in [6, 6.07) is 0.780. The fourth-order valence-electron chi connectivity index (χ4n) is 4.06. The van der Waals surface area contributed by atoms with Crippen molar-refractivity contribution in [2.24, 2.45) is 11.7 Å². The van der Waals surface area contributed by atoms with Crippen LogP contribution in [0.3, 0.4) is 0 Å². The smallest absolute Gasteiger partial charge is 0.226 e. The van der Waals surface area contributed by atoms with Crippen LogP contribution in [-0.2, 0) is 4.79 Å². The van der Waals surface area contributed by atoms with E-state index >= 15 is 0 Å². The van der Waals surface area contributed by atoms with Crippen molar-refractivity contribution >= 4 is 30.1 Å². The van der Waals surface area contributed by atoms with Crippen LogP contribution in [0.5, 0.6) is 0 Å². The van der Waals surface area contributed by atoms with E-state index in [0.717, 1.165) is 38.0 Å². The Balaban J connectivity index is 0.00000147. The molecule has 3 aliphatic rings. The minimum Gasteiger partial charge on any atom is -0.338 e. The lowest BCUT2D eigenvalue weighted by Gasteiger charge is -2.45. The van der Waals surface area contributed by atoms with Crippen LogP contribution in [0.25, 0.3) is 0 Å². The summed E-state index contributed by atoms with van der Waals surface area (Å²) in [5.41, 5.74) is 6.05. The summed E-state index contributed by atoms with van der Waals surface area (Å²) >= 11 is 2.10. The van der Waals surface area contributed by atoms with Crippen LogP contribution < -0.4 is 5.73 Å². The van der Waals surface area contributed by atoms with Gasteiger partial charge in [-0.05, 0) is 32.1 Å². The van der Waals surface area contributed by atoms with Crippen molar-refractivity contribution in [3.05, 3.63) is 0 Å². The molecule has 2 aliphatic carbocycles. The van der Waals surface area contributed by atoms with Gasteiger partial charge >= 0.3 is 0 Å². The second-order valence-corrected chi connectivity index (χ2v) is 7.76. The van der Waals surface area contributed by atoms with Crippen LogP contribution in [0, 0.1) is 5.92 Å². The van der Waals surface area contributed by atoms with Crippen LogP contribution in [0.1, 0.15) is 51.4 Å². The molecule has 0 bridgehead atoms. The van der Waals surface area contributed by atoms with E-state index in [2.05, 4.69) is 16.7 Å². The molecule has 4 atom stereocenters. The molecule has 2 N–H and O–H groups in total. The molecule has 3 nitrogen and oxygen atoms in total. The van der Waals surface area contributed by atoms with Crippen molar-refractivity contribution < 1.29 is 4.79 Å². The van der Waals surface area contributed by atoms with Gasteiger partial charge in [-0.2, -0.15) is 11.8 Å². The maximum absolute atomic E-state index is 12.8. The molecule has 0 aromatic rings. The summed E-state index contributed by atoms with van der Waals surface area (Å²) in [4.78, 5) is 15.1. The predicted molar refractivity (Wildman–Crippen MR) is 87.4 cm³/mol. The Morgan fingerprint density at radius 2 is 1.90 bits per heavy atom. The van der Waals surface area contributed by atoms with Crippen LogP contribution in [0.4, 0.5) is 0 Å². The van der Waals surface area contributed by atoms with Gasteiger partial charge < -0.3 is 10.6 Å². The zero-order chi connectivity index (χ0) is 13.2. The van der Waals surface area contributed by atoms with E-state index in [1.54, 1.807) is 0 Å². The highest BCUT2D eigenvalue weighted by Crippen LogP contribution is 2.37. The van der Waals surface area contributed by atoms with Crippen molar-refractivity contribution in [3.8, 4) is 0 Å². The SMILES string of the molecule is Cl.NC1CCCC(C(=O)N2CCSC3CCCCC32)C1. The fourth-order valence-corrected chi connectivity index (χ4v) is 5.50. The Labute approximate surface area is 132 Å². The Bertz CT molecular complexity index is 340. The van der Waals surface area contributed by atoms with Crippen molar-refractivity contribution in [3.63, 3.8) is 0 Å². The molecular formula is C15H27ClN2OS. The molecule has 0 aromatic carbocycles. The molecule has 116 valence electrons. The van der Waals surface area contributed by atoms with Gasteiger partial charge in [-0.25, -0.2) is 0 Å². The summed E-state index contributed by atoms with van der Waals surface area (Å²) < 4.78 is 0. The molecular weight excluding hydrogens is 292 g/mol. The maximum Gasteiger partial charge on any atom is 0.226 e. The number of nitrogens with zero attached hydrogens (tertiary/aromatic N) is 1. The van der Waals surface area contributed by atoms with Crippen LogP contribution in [0.15, 0.2) is 0 Å². The summed E-state index contributed by atoms with van der Waals surface area (Å²) in [6.45, 7) is 0.969. The molecule has 1 heterocycles. The summed E-state index contributed by atoms with van der Waals surface area (Å²) in [6.07, 6.45) is 9.40. The molecule has 2 saturated carbocycles. The van der Waals surface area contributed by atoms with Gasteiger partial charge in [0.25, 0.3) is 0 Å². The van der Waals surface area contributed by atoms with Crippen LogP contribution >= 0.6 is 24.2 Å². The Kier molecular flexibility index (Phi) is 6.06. The van der Waals surface area contributed by atoms with Gasteiger partial charge in [0.1, 0.15) is 0 Å². The van der Waals surface area contributed by atoms with Crippen LogP contribution in [0.2, 0.25) is 0 Å². The predicted octanol–water partition coefficient (Wildman–Crippen LogP) is 2.81. The fraction of sp³-hybridized carbons (Fsp3) is 0.933. The third kappa shape index (κ3) is 3.45. The van der Waals surface area contributed by atoms with Gasteiger partial charge in [0.05, 0.1) is 0 Å². The zero-order valence-electron chi connectivity index (χ0n) is 12.1.